The van der Waals surface area contributed by atoms with Crippen molar-refractivity contribution in [2.45, 2.75) is 64.6 Å². The zero-order chi connectivity index (χ0) is 22.1. The zero-order valence-electron chi connectivity index (χ0n) is 17.2. The van der Waals surface area contributed by atoms with Gasteiger partial charge in [0.1, 0.15) is 17.8 Å². The number of carbonyl (C=O) groups excluding carboxylic acids is 2. The summed E-state index contributed by atoms with van der Waals surface area (Å²) in [5.74, 6) is -3.36. The van der Waals surface area contributed by atoms with Gasteiger partial charge >= 0.3 is 0 Å². The molecule has 0 saturated heterocycles. The van der Waals surface area contributed by atoms with Crippen molar-refractivity contribution < 1.29 is 22.8 Å². The third kappa shape index (κ3) is 4.76. The summed E-state index contributed by atoms with van der Waals surface area (Å²) in [7, 11) is 0. The summed E-state index contributed by atoms with van der Waals surface area (Å²) < 4.78 is 43.9. The second-order valence-electron chi connectivity index (χ2n) is 8.94. The fraction of sp³-hybridized carbons (Fsp3) is 0.636. The van der Waals surface area contributed by atoms with Crippen LogP contribution in [0.15, 0.2) is 12.1 Å². The first kappa shape index (κ1) is 22.9. The number of carbonyl (C=O) groups is 2. The van der Waals surface area contributed by atoms with Crippen molar-refractivity contribution >= 4 is 23.4 Å². The number of benzene rings is 1. The number of hydrogen-bond donors (Lipinski definition) is 2. The molecule has 2 N–H and O–H groups in total. The molecule has 0 bridgehead atoms. The third-order valence-corrected chi connectivity index (χ3v) is 6.98. The van der Waals surface area contributed by atoms with Crippen LogP contribution in [0.25, 0.3) is 0 Å². The van der Waals surface area contributed by atoms with E-state index in [0.717, 1.165) is 25.0 Å². The van der Waals surface area contributed by atoms with Crippen molar-refractivity contribution in [1.29, 1.82) is 0 Å². The van der Waals surface area contributed by atoms with E-state index in [9.17, 15) is 22.8 Å². The molecule has 2 amide bonds. The van der Waals surface area contributed by atoms with Crippen LogP contribution in [0.5, 0.6) is 0 Å². The Hall–Kier alpha value is -1.76. The summed E-state index contributed by atoms with van der Waals surface area (Å²) in [5.41, 5.74) is -0.754. The number of amides is 2. The number of nitrogens with one attached hydrogen (secondary N) is 2. The fourth-order valence-corrected chi connectivity index (χ4v) is 5.07. The van der Waals surface area contributed by atoms with Gasteiger partial charge < -0.3 is 10.6 Å². The van der Waals surface area contributed by atoms with Crippen LogP contribution in [-0.4, -0.2) is 24.5 Å². The third-order valence-electron chi connectivity index (χ3n) is 6.69. The SMILES string of the molecule is CC(=O)NC[C@H]1C[C@H](C(=O)N[C@H](c2c(F)ccc(Cl)c2F)C2(C)CCCC2)C[C@H]1F. The largest absolute Gasteiger partial charge is 0.356 e. The van der Waals surface area contributed by atoms with Crippen LogP contribution in [0.4, 0.5) is 13.2 Å². The standard InChI is InChI=1S/C22H28ClF3N2O2/c1-12(29)27-11-14-9-13(10-17(14)25)21(30)28-20(22(2)7-3-4-8-22)18-16(24)6-5-15(23)19(18)26/h5-6,13-14,17,20H,3-4,7-11H2,1-2H3,(H,27,29)(H,28,30)/t13-,14+,17+,20+/m0/s1. The molecule has 4 nitrogen and oxygen atoms in total. The van der Waals surface area contributed by atoms with Crippen molar-refractivity contribution in [2.75, 3.05) is 6.54 Å². The normalized spacial score (nSPS) is 26.4. The Morgan fingerprint density at radius 3 is 2.53 bits per heavy atom. The first-order valence-corrected chi connectivity index (χ1v) is 10.8. The Labute approximate surface area is 179 Å². The quantitative estimate of drug-likeness (QED) is 0.616. The molecule has 1 aromatic rings. The second-order valence-corrected chi connectivity index (χ2v) is 9.35. The molecule has 2 saturated carbocycles. The van der Waals surface area contributed by atoms with E-state index in [1.807, 2.05) is 6.92 Å². The van der Waals surface area contributed by atoms with Gasteiger partial charge in [-0.15, -0.1) is 0 Å². The zero-order valence-corrected chi connectivity index (χ0v) is 18.0. The summed E-state index contributed by atoms with van der Waals surface area (Å²) >= 11 is 5.91. The molecule has 0 heterocycles. The molecular formula is C22H28ClF3N2O2. The molecule has 8 heteroatoms. The van der Waals surface area contributed by atoms with Gasteiger partial charge in [0.05, 0.1) is 11.1 Å². The lowest BCUT2D eigenvalue weighted by Crippen LogP contribution is -2.41. The van der Waals surface area contributed by atoms with Gasteiger partial charge in [-0.25, -0.2) is 13.2 Å². The number of halogens is 4. The van der Waals surface area contributed by atoms with Crippen molar-refractivity contribution in [3.05, 3.63) is 34.4 Å². The van der Waals surface area contributed by atoms with E-state index in [2.05, 4.69) is 10.6 Å². The van der Waals surface area contributed by atoms with Crippen LogP contribution in [0, 0.1) is 28.9 Å². The smallest absolute Gasteiger partial charge is 0.223 e. The lowest BCUT2D eigenvalue weighted by Gasteiger charge is -2.36. The minimum Gasteiger partial charge on any atom is -0.356 e. The molecular weight excluding hydrogens is 417 g/mol. The molecule has 2 aliphatic rings. The minimum absolute atomic E-state index is 0.0278. The van der Waals surface area contributed by atoms with E-state index in [1.165, 1.54) is 6.92 Å². The lowest BCUT2D eigenvalue weighted by atomic mass is 9.76. The highest BCUT2D eigenvalue weighted by atomic mass is 35.5. The number of alkyl halides is 1. The predicted octanol–water partition coefficient (Wildman–Crippen LogP) is 4.86. The highest BCUT2D eigenvalue weighted by molar-refractivity contribution is 6.30. The molecule has 30 heavy (non-hydrogen) atoms. The summed E-state index contributed by atoms with van der Waals surface area (Å²) in [5, 5.41) is 5.23. The monoisotopic (exact) mass is 444 g/mol. The van der Waals surface area contributed by atoms with Crippen molar-refractivity contribution in [3.63, 3.8) is 0 Å². The average Bonchev–Trinajstić information content (AvgIpc) is 3.29. The van der Waals surface area contributed by atoms with Gasteiger partial charge in [0, 0.05) is 30.9 Å². The molecule has 0 radical (unpaired) electrons. The summed E-state index contributed by atoms with van der Waals surface area (Å²) in [6, 6.07) is 1.37. The first-order valence-electron chi connectivity index (χ1n) is 10.4. The molecule has 2 aliphatic carbocycles. The molecule has 4 atom stereocenters. The first-order chi connectivity index (χ1) is 14.1. The molecule has 0 unspecified atom stereocenters. The second kappa shape index (κ2) is 9.16. The Bertz CT molecular complexity index is 814. The van der Waals surface area contributed by atoms with Gasteiger partial charge in [0.15, 0.2) is 0 Å². The van der Waals surface area contributed by atoms with Gasteiger partial charge in [0.25, 0.3) is 0 Å². The van der Waals surface area contributed by atoms with Crippen molar-refractivity contribution in [2.24, 2.45) is 17.3 Å². The maximum Gasteiger partial charge on any atom is 0.223 e. The maximum absolute atomic E-state index is 14.8. The Kier molecular flexibility index (Phi) is 7.00. The van der Waals surface area contributed by atoms with E-state index in [1.54, 1.807) is 0 Å². The van der Waals surface area contributed by atoms with Crippen molar-refractivity contribution in [1.82, 2.24) is 10.6 Å². The van der Waals surface area contributed by atoms with Gasteiger partial charge in [-0.1, -0.05) is 31.4 Å². The number of hydrogen-bond acceptors (Lipinski definition) is 2. The highest BCUT2D eigenvalue weighted by Gasteiger charge is 2.44. The summed E-state index contributed by atoms with van der Waals surface area (Å²) in [6.07, 6.45) is 2.32. The van der Waals surface area contributed by atoms with Crippen LogP contribution in [0.2, 0.25) is 5.02 Å². The number of rotatable bonds is 6. The van der Waals surface area contributed by atoms with Crippen LogP contribution >= 0.6 is 11.6 Å². The topological polar surface area (TPSA) is 58.2 Å². The van der Waals surface area contributed by atoms with E-state index < -0.39 is 47.0 Å². The average molecular weight is 445 g/mol. The van der Waals surface area contributed by atoms with E-state index in [-0.39, 0.29) is 35.9 Å². The maximum atomic E-state index is 14.8. The Morgan fingerprint density at radius 1 is 1.23 bits per heavy atom. The molecule has 0 aromatic heterocycles. The molecule has 2 fully saturated rings. The fourth-order valence-electron chi connectivity index (χ4n) is 4.91. The molecule has 166 valence electrons. The molecule has 1 aromatic carbocycles. The molecule has 0 aliphatic heterocycles. The summed E-state index contributed by atoms with van der Waals surface area (Å²) in [4.78, 5) is 24.1. The summed E-state index contributed by atoms with van der Waals surface area (Å²) in [6.45, 7) is 3.43. The van der Waals surface area contributed by atoms with Crippen LogP contribution in [0.1, 0.15) is 64.0 Å². The van der Waals surface area contributed by atoms with E-state index in [4.69, 9.17) is 11.6 Å². The lowest BCUT2D eigenvalue weighted by molar-refractivity contribution is -0.126. The van der Waals surface area contributed by atoms with Gasteiger partial charge in [0.2, 0.25) is 11.8 Å². The highest BCUT2D eigenvalue weighted by Crippen LogP contribution is 2.49. The molecule has 3 rings (SSSR count). The van der Waals surface area contributed by atoms with Crippen LogP contribution in [0.3, 0.4) is 0 Å². The van der Waals surface area contributed by atoms with E-state index >= 15 is 0 Å². The van der Waals surface area contributed by atoms with Gasteiger partial charge in [-0.3, -0.25) is 9.59 Å². The Morgan fingerprint density at radius 2 is 1.90 bits per heavy atom. The van der Waals surface area contributed by atoms with Crippen LogP contribution in [-0.2, 0) is 9.59 Å². The Balaban J connectivity index is 1.82. The van der Waals surface area contributed by atoms with Gasteiger partial charge in [-0.05, 0) is 43.2 Å². The van der Waals surface area contributed by atoms with E-state index in [0.29, 0.717) is 12.8 Å². The van der Waals surface area contributed by atoms with Crippen molar-refractivity contribution in [3.8, 4) is 0 Å². The predicted molar refractivity (Wildman–Crippen MR) is 109 cm³/mol. The van der Waals surface area contributed by atoms with Crippen LogP contribution < -0.4 is 10.6 Å². The van der Waals surface area contributed by atoms with Gasteiger partial charge in [-0.2, -0.15) is 0 Å². The molecule has 0 spiro atoms. The minimum atomic E-state index is -1.22.